The van der Waals surface area contributed by atoms with Crippen LogP contribution in [-0.2, 0) is 16.0 Å². The molecule has 3 aromatic rings. The van der Waals surface area contributed by atoms with E-state index in [0.717, 1.165) is 6.42 Å². The van der Waals surface area contributed by atoms with E-state index in [0.29, 0.717) is 5.69 Å². The minimum Gasteiger partial charge on any atom is -0.274 e. The Kier molecular flexibility index (Phi) is 3.40. The summed E-state index contributed by atoms with van der Waals surface area (Å²) in [4.78, 5) is 28.7. The molecule has 0 spiro atoms. The number of rotatable bonds is 2. The predicted octanol–water partition coefficient (Wildman–Crippen LogP) is 4.65. The zero-order valence-corrected chi connectivity index (χ0v) is 16.2. The first kappa shape index (κ1) is 16.7. The maximum atomic E-state index is 13.6. The number of carbonyl (C=O) groups is 2. The fourth-order valence-corrected chi connectivity index (χ4v) is 5.81. The van der Waals surface area contributed by atoms with Crippen molar-refractivity contribution in [2.75, 3.05) is 4.90 Å². The van der Waals surface area contributed by atoms with Gasteiger partial charge in [0.05, 0.1) is 17.5 Å². The summed E-state index contributed by atoms with van der Waals surface area (Å²) >= 11 is 0. The molecule has 7 rings (SSSR count). The van der Waals surface area contributed by atoms with Crippen molar-refractivity contribution in [2.45, 2.75) is 25.2 Å². The Hall–Kier alpha value is -3.20. The Morgan fingerprint density at radius 2 is 1.07 bits per heavy atom. The Balaban J connectivity index is 1.53. The molecule has 1 heterocycles. The van der Waals surface area contributed by atoms with Gasteiger partial charge in [-0.1, -0.05) is 67.6 Å². The van der Waals surface area contributed by atoms with E-state index in [2.05, 4.69) is 31.2 Å². The first-order chi connectivity index (χ1) is 14.2. The van der Waals surface area contributed by atoms with Gasteiger partial charge in [0.25, 0.3) is 0 Å². The number of anilines is 1. The molecule has 142 valence electrons. The van der Waals surface area contributed by atoms with E-state index in [1.54, 1.807) is 0 Å². The van der Waals surface area contributed by atoms with E-state index in [4.69, 9.17) is 0 Å². The van der Waals surface area contributed by atoms with Crippen LogP contribution in [0.2, 0.25) is 0 Å². The van der Waals surface area contributed by atoms with Gasteiger partial charge in [0.2, 0.25) is 11.8 Å². The molecule has 2 bridgehead atoms. The lowest BCUT2D eigenvalue weighted by Gasteiger charge is -2.45. The standard InChI is InChI=1S/C26H21NO2/c1-2-15-11-13-16(14-12-15)27-25(28)23-21-17-7-3-4-8-18(17)22(24(23)26(27)29)20-10-6-5-9-19(20)21/h3-14,21-24H,2H2,1H3/t21?,22?,23-,24+. The molecular formula is C26H21NO2. The normalized spacial score (nSPS) is 26.3. The molecular weight excluding hydrogens is 358 g/mol. The Morgan fingerprint density at radius 1 is 0.655 bits per heavy atom. The molecule has 1 fully saturated rings. The summed E-state index contributed by atoms with van der Waals surface area (Å²) in [5, 5.41) is 0. The second-order valence-corrected chi connectivity index (χ2v) is 8.30. The number of carbonyl (C=O) groups excluding carboxylic acids is 2. The molecule has 0 N–H and O–H groups in total. The van der Waals surface area contributed by atoms with Gasteiger partial charge in [-0.15, -0.1) is 0 Å². The molecule has 0 saturated carbocycles. The van der Waals surface area contributed by atoms with Gasteiger partial charge in [-0.25, -0.2) is 4.90 Å². The van der Waals surface area contributed by atoms with Crippen molar-refractivity contribution in [1.29, 1.82) is 0 Å². The Morgan fingerprint density at radius 3 is 1.45 bits per heavy atom. The lowest BCUT2D eigenvalue weighted by atomic mass is 9.55. The molecule has 0 aromatic heterocycles. The smallest absolute Gasteiger partial charge is 0.238 e. The second kappa shape index (κ2) is 5.90. The van der Waals surface area contributed by atoms with Crippen LogP contribution in [-0.4, -0.2) is 11.8 Å². The number of nitrogens with zero attached hydrogens (tertiary/aromatic N) is 1. The molecule has 3 nitrogen and oxygen atoms in total. The van der Waals surface area contributed by atoms with Crippen LogP contribution in [0.25, 0.3) is 0 Å². The Labute approximate surface area is 170 Å². The molecule has 3 aliphatic carbocycles. The Bertz CT molecular complexity index is 1050. The summed E-state index contributed by atoms with van der Waals surface area (Å²) in [6.45, 7) is 2.10. The van der Waals surface area contributed by atoms with Crippen LogP contribution in [0, 0.1) is 11.8 Å². The zero-order valence-electron chi connectivity index (χ0n) is 16.2. The highest BCUT2D eigenvalue weighted by molar-refractivity contribution is 6.23. The van der Waals surface area contributed by atoms with Gasteiger partial charge >= 0.3 is 0 Å². The highest BCUT2D eigenvalue weighted by Crippen LogP contribution is 2.61. The van der Waals surface area contributed by atoms with Crippen molar-refractivity contribution in [3.8, 4) is 0 Å². The van der Waals surface area contributed by atoms with Crippen molar-refractivity contribution < 1.29 is 9.59 Å². The highest BCUT2D eigenvalue weighted by Gasteiger charge is 2.61. The summed E-state index contributed by atoms with van der Waals surface area (Å²) in [5.74, 6) is -0.833. The van der Waals surface area contributed by atoms with Gasteiger partial charge in [0, 0.05) is 11.8 Å². The van der Waals surface area contributed by atoms with Gasteiger partial charge in [-0.2, -0.15) is 0 Å². The van der Waals surface area contributed by atoms with E-state index in [1.165, 1.54) is 32.7 Å². The summed E-state index contributed by atoms with van der Waals surface area (Å²) < 4.78 is 0. The lowest BCUT2D eigenvalue weighted by Crippen LogP contribution is -2.41. The number of benzene rings is 3. The van der Waals surface area contributed by atoms with E-state index in [1.807, 2.05) is 48.5 Å². The summed E-state index contributed by atoms with van der Waals surface area (Å²) in [6, 6.07) is 24.5. The largest absolute Gasteiger partial charge is 0.274 e. The quantitative estimate of drug-likeness (QED) is 0.608. The zero-order chi connectivity index (χ0) is 19.7. The average molecular weight is 379 g/mol. The molecule has 4 aliphatic rings. The fourth-order valence-electron chi connectivity index (χ4n) is 5.81. The fraction of sp³-hybridized carbons (Fsp3) is 0.231. The summed E-state index contributed by atoms with van der Waals surface area (Å²) in [5.41, 5.74) is 6.73. The topological polar surface area (TPSA) is 37.4 Å². The molecule has 3 aromatic carbocycles. The lowest BCUT2D eigenvalue weighted by molar-refractivity contribution is -0.122. The second-order valence-electron chi connectivity index (χ2n) is 8.30. The van der Waals surface area contributed by atoms with Crippen LogP contribution in [0.1, 0.15) is 46.6 Å². The van der Waals surface area contributed by atoms with Gasteiger partial charge < -0.3 is 0 Å². The van der Waals surface area contributed by atoms with E-state index in [-0.39, 0.29) is 35.5 Å². The van der Waals surface area contributed by atoms with Crippen LogP contribution in [0.5, 0.6) is 0 Å². The van der Waals surface area contributed by atoms with E-state index in [9.17, 15) is 9.59 Å². The number of imide groups is 1. The summed E-state index contributed by atoms with van der Waals surface area (Å²) in [7, 11) is 0. The van der Waals surface area contributed by atoms with Crippen LogP contribution in [0.4, 0.5) is 5.69 Å². The molecule has 3 heteroatoms. The number of hydrogen-bond donors (Lipinski definition) is 0. The minimum absolute atomic E-state index is 0.0474. The van der Waals surface area contributed by atoms with Crippen LogP contribution in [0.15, 0.2) is 72.8 Å². The summed E-state index contributed by atoms with van der Waals surface area (Å²) in [6.07, 6.45) is 0.933. The van der Waals surface area contributed by atoms with Crippen LogP contribution in [0.3, 0.4) is 0 Å². The van der Waals surface area contributed by atoms with Gasteiger partial charge in [0.15, 0.2) is 0 Å². The molecule has 0 unspecified atom stereocenters. The number of aryl methyl sites for hydroxylation is 1. The van der Waals surface area contributed by atoms with Gasteiger partial charge in [0.1, 0.15) is 0 Å². The highest BCUT2D eigenvalue weighted by atomic mass is 16.2. The third-order valence-corrected chi connectivity index (χ3v) is 7.05. The van der Waals surface area contributed by atoms with Crippen LogP contribution >= 0.6 is 0 Å². The average Bonchev–Trinajstić information content (AvgIpc) is 3.04. The minimum atomic E-state index is -0.317. The first-order valence-corrected chi connectivity index (χ1v) is 10.3. The first-order valence-electron chi connectivity index (χ1n) is 10.3. The molecule has 2 atom stereocenters. The molecule has 1 aliphatic heterocycles. The van der Waals surface area contributed by atoms with E-state index >= 15 is 0 Å². The van der Waals surface area contributed by atoms with Crippen molar-refractivity contribution in [2.24, 2.45) is 11.8 Å². The molecule has 1 saturated heterocycles. The molecule has 2 amide bonds. The third kappa shape index (κ3) is 2.08. The maximum absolute atomic E-state index is 13.6. The molecule has 0 radical (unpaired) electrons. The maximum Gasteiger partial charge on any atom is 0.238 e. The van der Waals surface area contributed by atoms with Crippen molar-refractivity contribution in [3.05, 3.63) is 101 Å². The predicted molar refractivity (Wildman–Crippen MR) is 112 cm³/mol. The van der Waals surface area contributed by atoms with Crippen molar-refractivity contribution in [1.82, 2.24) is 0 Å². The van der Waals surface area contributed by atoms with Gasteiger partial charge in [-0.05, 0) is 46.4 Å². The number of amides is 2. The number of hydrogen-bond acceptors (Lipinski definition) is 2. The van der Waals surface area contributed by atoms with E-state index < -0.39 is 0 Å². The van der Waals surface area contributed by atoms with Gasteiger partial charge in [-0.3, -0.25) is 9.59 Å². The van der Waals surface area contributed by atoms with Crippen molar-refractivity contribution in [3.63, 3.8) is 0 Å². The molecule has 29 heavy (non-hydrogen) atoms. The third-order valence-electron chi connectivity index (χ3n) is 7.05. The monoisotopic (exact) mass is 379 g/mol. The van der Waals surface area contributed by atoms with Crippen molar-refractivity contribution >= 4 is 17.5 Å². The SMILES string of the molecule is CCc1ccc(N2C(=O)[C@@H]3C4c5ccccc5C(c5ccccc54)[C@@H]3C2=O)cc1. The van der Waals surface area contributed by atoms with Crippen LogP contribution < -0.4 is 4.90 Å².